The zero-order valence-corrected chi connectivity index (χ0v) is 19.9. The summed E-state index contributed by atoms with van der Waals surface area (Å²) in [6, 6.07) is 26.9. The van der Waals surface area contributed by atoms with Crippen LogP contribution in [0.4, 0.5) is 4.39 Å². The van der Waals surface area contributed by atoms with Crippen LogP contribution in [0, 0.1) is 17.7 Å². The first-order chi connectivity index (χ1) is 16.7. The minimum absolute atomic E-state index is 0.236. The van der Waals surface area contributed by atoms with E-state index in [-0.39, 0.29) is 5.82 Å². The van der Waals surface area contributed by atoms with Crippen LogP contribution >= 0.6 is 0 Å². The SMILES string of the molecule is C=CCCc1ccc(CCc2ccc(C#Cc3ccc4cc(CCC)ccc4c3F)cc2)cc1. The van der Waals surface area contributed by atoms with Crippen molar-refractivity contribution >= 4 is 10.8 Å². The van der Waals surface area contributed by atoms with E-state index in [1.165, 1.54) is 22.3 Å². The second kappa shape index (κ2) is 11.5. The van der Waals surface area contributed by atoms with Gasteiger partial charge >= 0.3 is 0 Å². The summed E-state index contributed by atoms with van der Waals surface area (Å²) in [5.41, 5.74) is 6.56. The zero-order chi connectivity index (χ0) is 23.8. The molecule has 0 heterocycles. The van der Waals surface area contributed by atoms with Gasteiger partial charge in [0.05, 0.1) is 5.56 Å². The third-order valence-electron chi connectivity index (χ3n) is 6.22. The summed E-state index contributed by atoms with van der Waals surface area (Å²) in [4.78, 5) is 0. The topological polar surface area (TPSA) is 0 Å². The first-order valence-corrected chi connectivity index (χ1v) is 12.2. The fraction of sp³-hybridized carbons (Fsp3) is 0.212. The summed E-state index contributed by atoms with van der Waals surface area (Å²) in [5, 5.41) is 1.57. The number of allylic oxidation sites excluding steroid dienone is 1. The van der Waals surface area contributed by atoms with E-state index >= 15 is 0 Å². The Morgan fingerprint density at radius 3 is 1.97 bits per heavy atom. The fourth-order valence-electron chi connectivity index (χ4n) is 4.21. The van der Waals surface area contributed by atoms with Gasteiger partial charge in [-0.05, 0) is 77.9 Å². The van der Waals surface area contributed by atoms with Gasteiger partial charge in [0.1, 0.15) is 5.82 Å². The Morgan fingerprint density at radius 2 is 1.32 bits per heavy atom. The summed E-state index contributed by atoms with van der Waals surface area (Å²) >= 11 is 0. The highest BCUT2D eigenvalue weighted by atomic mass is 19.1. The molecule has 0 unspecified atom stereocenters. The molecule has 0 N–H and O–H groups in total. The van der Waals surface area contributed by atoms with Gasteiger partial charge in [0.15, 0.2) is 0 Å². The molecule has 0 aromatic heterocycles. The standard InChI is InChI=1S/C33H31F/c1-3-5-7-25-8-10-26(11-9-25)12-13-27-14-16-28(17-15-27)18-20-30-21-22-31-24-29(6-4-2)19-23-32(31)33(30)34/h3,8-11,14-17,19,21-24H,1,4-7,12-13H2,2H3. The van der Waals surface area contributed by atoms with E-state index in [4.69, 9.17) is 0 Å². The van der Waals surface area contributed by atoms with E-state index in [0.717, 1.165) is 49.5 Å². The fourth-order valence-corrected chi connectivity index (χ4v) is 4.21. The minimum atomic E-state index is -0.236. The average Bonchev–Trinajstić information content (AvgIpc) is 2.87. The van der Waals surface area contributed by atoms with Crippen LogP contribution in [0.2, 0.25) is 0 Å². The largest absolute Gasteiger partial charge is 0.205 e. The molecule has 0 radical (unpaired) electrons. The maximum Gasteiger partial charge on any atom is 0.146 e. The van der Waals surface area contributed by atoms with Crippen LogP contribution in [0.25, 0.3) is 10.8 Å². The predicted octanol–water partition coefficient (Wildman–Crippen LogP) is 8.24. The number of aryl methyl sites for hydroxylation is 4. The van der Waals surface area contributed by atoms with Gasteiger partial charge in [-0.1, -0.05) is 91.9 Å². The van der Waals surface area contributed by atoms with Crippen molar-refractivity contribution in [2.75, 3.05) is 0 Å². The van der Waals surface area contributed by atoms with E-state index in [0.29, 0.717) is 10.9 Å². The smallest absolute Gasteiger partial charge is 0.146 e. The Bertz CT molecular complexity index is 1320. The lowest BCUT2D eigenvalue weighted by Crippen LogP contribution is -1.92. The molecule has 170 valence electrons. The van der Waals surface area contributed by atoms with Crippen LogP contribution in [0.15, 0.2) is 91.5 Å². The van der Waals surface area contributed by atoms with Crippen LogP contribution in [0.3, 0.4) is 0 Å². The number of hydrogen-bond donors (Lipinski definition) is 0. The van der Waals surface area contributed by atoms with E-state index in [1.54, 1.807) is 6.07 Å². The molecule has 1 heteroatoms. The quantitative estimate of drug-likeness (QED) is 0.189. The molecule has 0 spiro atoms. The molecule has 0 fully saturated rings. The Labute approximate surface area is 203 Å². The summed E-state index contributed by atoms with van der Waals surface area (Å²) in [7, 11) is 0. The molecule has 34 heavy (non-hydrogen) atoms. The molecule has 0 aliphatic carbocycles. The van der Waals surface area contributed by atoms with Gasteiger partial charge in [-0.25, -0.2) is 4.39 Å². The van der Waals surface area contributed by atoms with Gasteiger partial charge in [-0.2, -0.15) is 0 Å². The van der Waals surface area contributed by atoms with Crippen molar-refractivity contribution in [1.29, 1.82) is 0 Å². The Hall–Kier alpha value is -3.63. The molecule has 0 aliphatic heterocycles. The number of rotatable bonds is 8. The Kier molecular flexibility index (Phi) is 7.95. The van der Waals surface area contributed by atoms with Crippen LogP contribution in [-0.4, -0.2) is 0 Å². The molecule has 4 aromatic carbocycles. The Morgan fingerprint density at radius 1 is 0.706 bits per heavy atom. The van der Waals surface area contributed by atoms with Gasteiger partial charge in [-0.15, -0.1) is 6.58 Å². The molecular formula is C33H31F. The maximum atomic E-state index is 15.0. The summed E-state index contributed by atoms with van der Waals surface area (Å²) in [5.74, 6) is 5.92. The highest BCUT2D eigenvalue weighted by Crippen LogP contribution is 2.23. The van der Waals surface area contributed by atoms with Gasteiger partial charge < -0.3 is 0 Å². The van der Waals surface area contributed by atoms with E-state index < -0.39 is 0 Å². The molecule has 4 aromatic rings. The molecule has 0 saturated carbocycles. The van der Waals surface area contributed by atoms with Crippen LogP contribution in [0.1, 0.15) is 53.1 Å². The molecule has 0 amide bonds. The molecule has 0 saturated heterocycles. The first kappa shape index (κ1) is 23.5. The number of benzene rings is 4. The monoisotopic (exact) mass is 446 g/mol. The molecule has 0 aliphatic rings. The van der Waals surface area contributed by atoms with Crippen molar-refractivity contribution in [3.05, 3.63) is 131 Å². The molecule has 0 bridgehead atoms. The normalized spacial score (nSPS) is 10.6. The van der Waals surface area contributed by atoms with Crippen molar-refractivity contribution in [3.63, 3.8) is 0 Å². The summed E-state index contributed by atoms with van der Waals surface area (Å²) in [6.45, 7) is 5.94. The van der Waals surface area contributed by atoms with E-state index in [9.17, 15) is 4.39 Å². The van der Waals surface area contributed by atoms with Crippen molar-refractivity contribution < 1.29 is 4.39 Å². The maximum absolute atomic E-state index is 15.0. The molecular weight excluding hydrogens is 415 g/mol. The highest BCUT2D eigenvalue weighted by Gasteiger charge is 2.06. The third kappa shape index (κ3) is 6.03. The first-order valence-electron chi connectivity index (χ1n) is 12.2. The second-order valence-corrected chi connectivity index (χ2v) is 8.82. The lowest BCUT2D eigenvalue weighted by atomic mass is 10.0. The van der Waals surface area contributed by atoms with Crippen molar-refractivity contribution in [1.82, 2.24) is 0 Å². The summed E-state index contributed by atoms with van der Waals surface area (Å²) < 4.78 is 15.0. The zero-order valence-electron chi connectivity index (χ0n) is 19.9. The lowest BCUT2D eigenvalue weighted by molar-refractivity contribution is 0.636. The van der Waals surface area contributed by atoms with E-state index in [2.05, 4.69) is 67.8 Å². The van der Waals surface area contributed by atoms with Gasteiger partial charge in [0.25, 0.3) is 0 Å². The van der Waals surface area contributed by atoms with Crippen LogP contribution < -0.4 is 0 Å². The Balaban J connectivity index is 1.40. The number of fused-ring (bicyclic) bond motifs is 1. The predicted molar refractivity (Wildman–Crippen MR) is 143 cm³/mol. The lowest BCUT2D eigenvalue weighted by Gasteiger charge is -2.05. The van der Waals surface area contributed by atoms with Crippen LogP contribution in [0.5, 0.6) is 0 Å². The molecule has 0 atom stereocenters. The third-order valence-corrected chi connectivity index (χ3v) is 6.22. The van der Waals surface area contributed by atoms with Crippen LogP contribution in [-0.2, 0) is 25.7 Å². The minimum Gasteiger partial charge on any atom is -0.205 e. The van der Waals surface area contributed by atoms with E-state index in [1.807, 2.05) is 36.4 Å². The number of halogens is 1. The van der Waals surface area contributed by atoms with Gasteiger partial charge in [0.2, 0.25) is 0 Å². The van der Waals surface area contributed by atoms with Gasteiger partial charge in [0, 0.05) is 10.9 Å². The number of hydrogen-bond acceptors (Lipinski definition) is 0. The highest BCUT2D eigenvalue weighted by molar-refractivity contribution is 5.85. The average molecular weight is 447 g/mol. The second-order valence-electron chi connectivity index (χ2n) is 8.82. The van der Waals surface area contributed by atoms with Crippen molar-refractivity contribution in [2.45, 2.75) is 45.4 Å². The molecule has 4 rings (SSSR count). The summed E-state index contributed by atoms with van der Waals surface area (Å²) in [6.07, 6.45) is 8.12. The molecule has 0 nitrogen and oxygen atoms in total. The van der Waals surface area contributed by atoms with Crippen molar-refractivity contribution in [3.8, 4) is 11.8 Å². The van der Waals surface area contributed by atoms with Crippen molar-refractivity contribution in [2.24, 2.45) is 0 Å². The van der Waals surface area contributed by atoms with Gasteiger partial charge in [-0.3, -0.25) is 0 Å².